The molecule has 0 fully saturated rings. The topological polar surface area (TPSA) is 37.0 Å². The Bertz CT molecular complexity index is 350. The van der Waals surface area contributed by atoms with Gasteiger partial charge in [0, 0.05) is 23.8 Å². The van der Waals surface area contributed by atoms with Crippen LogP contribution in [0.2, 0.25) is 0 Å². The van der Waals surface area contributed by atoms with Crippen molar-refractivity contribution in [3.8, 4) is 0 Å². The van der Waals surface area contributed by atoms with E-state index in [9.17, 15) is 0 Å². The van der Waals surface area contributed by atoms with E-state index < -0.39 is 0 Å². The number of halogens is 1. The van der Waals surface area contributed by atoms with E-state index in [-0.39, 0.29) is 0 Å². The molecule has 1 rings (SSSR count). The summed E-state index contributed by atoms with van der Waals surface area (Å²) >= 11 is 3.43. The molecule has 0 atom stereocenters. The molecule has 0 unspecified atom stereocenters. The summed E-state index contributed by atoms with van der Waals surface area (Å²) in [6, 6.07) is 2.04. The van der Waals surface area contributed by atoms with Crippen LogP contribution in [0.4, 0.5) is 11.5 Å². The molecule has 0 aliphatic heterocycles. The molecule has 1 heterocycles. The standard InChI is InChI=1S/C12H18BrN3/c1-3-5-7-15-12-11(14-6-4-2)8-10(13)9-16-12/h3,5,8-9,14H,4,6-7H2,1-2H3,(H,15,16). The van der Waals surface area contributed by atoms with Crippen LogP contribution in [0.3, 0.4) is 0 Å². The van der Waals surface area contributed by atoms with Gasteiger partial charge in [-0.25, -0.2) is 4.98 Å². The van der Waals surface area contributed by atoms with E-state index in [0.29, 0.717) is 0 Å². The van der Waals surface area contributed by atoms with E-state index in [1.165, 1.54) is 0 Å². The first-order valence-electron chi connectivity index (χ1n) is 5.52. The molecule has 0 aliphatic rings. The number of pyridine rings is 1. The maximum atomic E-state index is 4.35. The highest BCUT2D eigenvalue weighted by Crippen LogP contribution is 2.22. The van der Waals surface area contributed by atoms with Gasteiger partial charge in [-0.3, -0.25) is 0 Å². The Morgan fingerprint density at radius 2 is 2.25 bits per heavy atom. The van der Waals surface area contributed by atoms with Gasteiger partial charge in [-0.05, 0) is 35.3 Å². The minimum Gasteiger partial charge on any atom is -0.382 e. The third kappa shape index (κ3) is 4.23. The summed E-state index contributed by atoms with van der Waals surface area (Å²) < 4.78 is 0.989. The lowest BCUT2D eigenvalue weighted by Crippen LogP contribution is -2.07. The summed E-state index contributed by atoms with van der Waals surface area (Å²) in [4.78, 5) is 4.35. The summed E-state index contributed by atoms with van der Waals surface area (Å²) in [7, 11) is 0. The SMILES string of the molecule is CC=CCNc1ncc(Br)cc1NCCC. The largest absolute Gasteiger partial charge is 0.382 e. The summed E-state index contributed by atoms with van der Waals surface area (Å²) in [5.41, 5.74) is 1.04. The predicted octanol–water partition coefficient (Wildman–Crippen LogP) is 3.65. The van der Waals surface area contributed by atoms with E-state index in [4.69, 9.17) is 0 Å². The van der Waals surface area contributed by atoms with E-state index in [1.807, 2.05) is 19.1 Å². The number of rotatable bonds is 6. The lowest BCUT2D eigenvalue weighted by Gasteiger charge is -2.11. The fourth-order valence-electron chi connectivity index (χ4n) is 1.25. The highest BCUT2D eigenvalue weighted by Gasteiger charge is 2.02. The molecule has 0 amide bonds. The average molecular weight is 284 g/mol. The lowest BCUT2D eigenvalue weighted by atomic mass is 10.3. The molecule has 1 aromatic heterocycles. The molecule has 0 spiro atoms. The van der Waals surface area contributed by atoms with Gasteiger partial charge in [0.05, 0.1) is 5.69 Å². The van der Waals surface area contributed by atoms with Crippen LogP contribution in [0.1, 0.15) is 20.3 Å². The third-order valence-corrected chi connectivity index (χ3v) is 2.48. The molecule has 2 N–H and O–H groups in total. The maximum Gasteiger partial charge on any atom is 0.149 e. The Morgan fingerprint density at radius 1 is 1.44 bits per heavy atom. The van der Waals surface area contributed by atoms with Gasteiger partial charge in [0.25, 0.3) is 0 Å². The van der Waals surface area contributed by atoms with E-state index in [2.05, 4.69) is 44.5 Å². The van der Waals surface area contributed by atoms with Crippen LogP contribution >= 0.6 is 15.9 Å². The summed E-state index contributed by atoms with van der Waals surface area (Å²) in [5.74, 6) is 0.898. The zero-order valence-electron chi connectivity index (χ0n) is 9.76. The molecule has 0 aromatic carbocycles. The Kier molecular flexibility index (Phi) is 5.93. The Morgan fingerprint density at radius 3 is 2.94 bits per heavy atom. The number of hydrogen-bond acceptors (Lipinski definition) is 3. The first-order chi connectivity index (χ1) is 7.77. The van der Waals surface area contributed by atoms with E-state index in [0.717, 1.165) is 35.5 Å². The molecule has 0 saturated carbocycles. The minimum atomic E-state index is 0.798. The second-order valence-electron chi connectivity index (χ2n) is 3.43. The number of hydrogen-bond donors (Lipinski definition) is 2. The Labute approximate surface area is 105 Å². The molecule has 0 aliphatic carbocycles. The number of anilines is 2. The van der Waals surface area contributed by atoms with Crippen LogP contribution in [-0.2, 0) is 0 Å². The first kappa shape index (κ1) is 13.0. The molecule has 4 heteroatoms. The highest BCUT2D eigenvalue weighted by molar-refractivity contribution is 9.10. The number of aromatic nitrogens is 1. The predicted molar refractivity (Wildman–Crippen MR) is 74.0 cm³/mol. The van der Waals surface area contributed by atoms with Crippen molar-refractivity contribution in [3.05, 3.63) is 28.9 Å². The molecule has 0 saturated heterocycles. The van der Waals surface area contributed by atoms with Crippen molar-refractivity contribution < 1.29 is 0 Å². The van der Waals surface area contributed by atoms with Crippen LogP contribution in [-0.4, -0.2) is 18.1 Å². The normalized spacial score (nSPS) is 10.7. The smallest absolute Gasteiger partial charge is 0.149 e. The van der Waals surface area contributed by atoms with Crippen molar-refractivity contribution in [1.82, 2.24) is 4.98 Å². The van der Waals surface area contributed by atoms with Crippen molar-refractivity contribution in [3.63, 3.8) is 0 Å². The van der Waals surface area contributed by atoms with Gasteiger partial charge >= 0.3 is 0 Å². The second-order valence-corrected chi connectivity index (χ2v) is 4.34. The van der Waals surface area contributed by atoms with Gasteiger partial charge in [-0.2, -0.15) is 0 Å². The van der Waals surface area contributed by atoms with Gasteiger partial charge < -0.3 is 10.6 Å². The average Bonchev–Trinajstić information content (AvgIpc) is 2.29. The fraction of sp³-hybridized carbons (Fsp3) is 0.417. The molecule has 0 bridgehead atoms. The minimum absolute atomic E-state index is 0.798. The van der Waals surface area contributed by atoms with Gasteiger partial charge in [-0.1, -0.05) is 19.1 Å². The van der Waals surface area contributed by atoms with Crippen molar-refractivity contribution >= 4 is 27.4 Å². The van der Waals surface area contributed by atoms with E-state index in [1.54, 1.807) is 6.20 Å². The van der Waals surface area contributed by atoms with Crippen LogP contribution in [0.15, 0.2) is 28.9 Å². The zero-order valence-corrected chi connectivity index (χ0v) is 11.3. The zero-order chi connectivity index (χ0) is 11.8. The van der Waals surface area contributed by atoms with Crippen molar-refractivity contribution in [2.75, 3.05) is 23.7 Å². The summed E-state index contributed by atoms with van der Waals surface area (Å²) in [6.45, 7) is 5.90. The summed E-state index contributed by atoms with van der Waals surface area (Å²) in [6.07, 6.45) is 6.98. The highest BCUT2D eigenvalue weighted by atomic mass is 79.9. The van der Waals surface area contributed by atoms with Gasteiger partial charge in [0.15, 0.2) is 0 Å². The second kappa shape index (κ2) is 7.28. The van der Waals surface area contributed by atoms with Gasteiger partial charge in [-0.15, -0.1) is 0 Å². The molecule has 3 nitrogen and oxygen atoms in total. The quantitative estimate of drug-likeness (QED) is 0.783. The fourth-order valence-corrected chi connectivity index (χ4v) is 1.58. The number of nitrogens with zero attached hydrogens (tertiary/aromatic N) is 1. The molecule has 88 valence electrons. The molecular formula is C12H18BrN3. The van der Waals surface area contributed by atoms with E-state index >= 15 is 0 Å². The molecular weight excluding hydrogens is 266 g/mol. The van der Waals surface area contributed by atoms with Crippen LogP contribution < -0.4 is 10.6 Å². The van der Waals surface area contributed by atoms with Crippen LogP contribution in [0.5, 0.6) is 0 Å². The Hall–Kier alpha value is -1.03. The van der Waals surface area contributed by atoms with Gasteiger partial charge in [0.2, 0.25) is 0 Å². The first-order valence-corrected chi connectivity index (χ1v) is 6.31. The van der Waals surface area contributed by atoms with Crippen molar-refractivity contribution in [2.45, 2.75) is 20.3 Å². The third-order valence-electron chi connectivity index (χ3n) is 2.04. The van der Waals surface area contributed by atoms with Crippen LogP contribution in [0.25, 0.3) is 0 Å². The summed E-state index contributed by atoms with van der Waals surface area (Å²) in [5, 5.41) is 6.62. The maximum absolute atomic E-state index is 4.35. The molecule has 1 aromatic rings. The number of allylic oxidation sites excluding steroid dienone is 1. The van der Waals surface area contributed by atoms with Crippen molar-refractivity contribution in [2.24, 2.45) is 0 Å². The van der Waals surface area contributed by atoms with Gasteiger partial charge in [0.1, 0.15) is 5.82 Å². The number of nitrogens with one attached hydrogen (secondary N) is 2. The monoisotopic (exact) mass is 283 g/mol. The van der Waals surface area contributed by atoms with Crippen LogP contribution in [0, 0.1) is 0 Å². The van der Waals surface area contributed by atoms with Crippen molar-refractivity contribution in [1.29, 1.82) is 0 Å². The molecule has 16 heavy (non-hydrogen) atoms. The molecule has 0 radical (unpaired) electrons. The lowest BCUT2D eigenvalue weighted by molar-refractivity contribution is 0.977. The Balaban J connectivity index is 2.72.